The molecule has 1 aliphatic rings. The van der Waals surface area contributed by atoms with Crippen molar-refractivity contribution in [1.82, 2.24) is 9.97 Å². The molecule has 1 aromatic rings. The SMILES string of the molecule is CCNc1nc(CC)nc(OCCC2CCC2)c1C. The van der Waals surface area contributed by atoms with Crippen LogP contribution in [0.25, 0.3) is 0 Å². The zero-order valence-corrected chi connectivity index (χ0v) is 12.3. The Bertz CT molecular complexity index is 416. The lowest BCUT2D eigenvalue weighted by atomic mass is 9.83. The minimum atomic E-state index is 0.752. The molecule has 1 saturated carbocycles. The van der Waals surface area contributed by atoms with Crippen molar-refractivity contribution < 1.29 is 4.74 Å². The van der Waals surface area contributed by atoms with Crippen LogP contribution in [-0.2, 0) is 6.42 Å². The van der Waals surface area contributed by atoms with E-state index < -0.39 is 0 Å². The van der Waals surface area contributed by atoms with E-state index in [9.17, 15) is 0 Å². The Hall–Kier alpha value is -1.32. The number of hydrogen-bond donors (Lipinski definition) is 1. The largest absolute Gasteiger partial charge is 0.477 e. The van der Waals surface area contributed by atoms with Gasteiger partial charge in [-0.15, -0.1) is 0 Å². The van der Waals surface area contributed by atoms with E-state index in [4.69, 9.17) is 4.74 Å². The van der Waals surface area contributed by atoms with Crippen LogP contribution in [-0.4, -0.2) is 23.1 Å². The lowest BCUT2D eigenvalue weighted by molar-refractivity contribution is 0.216. The van der Waals surface area contributed by atoms with Crippen molar-refractivity contribution in [3.63, 3.8) is 0 Å². The molecule has 19 heavy (non-hydrogen) atoms. The van der Waals surface area contributed by atoms with Crippen LogP contribution in [0.1, 0.15) is 50.9 Å². The third kappa shape index (κ3) is 3.58. The summed E-state index contributed by atoms with van der Waals surface area (Å²) in [6.07, 6.45) is 6.12. The lowest BCUT2D eigenvalue weighted by Gasteiger charge is -2.25. The smallest absolute Gasteiger partial charge is 0.221 e. The van der Waals surface area contributed by atoms with Crippen molar-refractivity contribution in [3.05, 3.63) is 11.4 Å². The van der Waals surface area contributed by atoms with Gasteiger partial charge in [0, 0.05) is 13.0 Å². The quantitative estimate of drug-likeness (QED) is 0.819. The number of hydrogen-bond acceptors (Lipinski definition) is 4. The van der Waals surface area contributed by atoms with E-state index in [-0.39, 0.29) is 0 Å². The van der Waals surface area contributed by atoms with E-state index in [1.165, 1.54) is 19.3 Å². The maximum absolute atomic E-state index is 5.88. The summed E-state index contributed by atoms with van der Waals surface area (Å²) >= 11 is 0. The molecule has 2 rings (SSSR count). The fourth-order valence-corrected chi connectivity index (χ4v) is 2.28. The predicted molar refractivity (Wildman–Crippen MR) is 77.8 cm³/mol. The van der Waals surface area contributed by atoms with Crippen LogP contribution in [0, 0.1) is 12.8 Å². The molecule has 1 aliphatic carbocycles. The summed E-state index contributed by atoms with van der Waals surface area (Å²) in [5.74, 6) is 3.39. The summed E-state index contributed by atoms with van der Waals surface area (Å²) in [5, 5.41) is 3.28. The second-order valence-electron chi connectivity index (χ2n) is 5.24. The highest BCUT2D eigenvalue weighted by Crippen LogP contribution is 2.30. The molecule has 0 amide bonds. The van der Waals surface area contributed by atoms with Gasteiger partial charge in [0.25, 0.3) is 0 Å². The molecule has 0 bridgehead atoms. The summed E-state index contributed by atoms with van der Waals surface area (Å²) in [4.78, 5) is 9.01. The summed E-state index contributed by atoms with van der Waals surface area (Å²) in [7, 11) is 0. The van der Waals surface area contributed by atoms with Crippen molar-refractivity contribution in [1.29, 1.82) is 0 Å². The van der Waals surface area contributed by atoms with E-state index in [2.05, 4.69) is 29.1 Å². The van der Waals surface area contributed by atoms with Crippen molar-refractivity contribution >= 4 is 5.82 Å². The van der Waals surface area contributed by atoms with Crippen LogP contribution in [0.3, 0.4) is 0 Å². The van der Waals surface area contributed by atoms with E-state index in [0.29, 0.717) is 0 Å². The van der Waals surface area contributed by atoms with Crippen LogP contribution in [0.5, 0.6) is 5.88 Å². The van der Waals surface area contributed by atoms with Gasteiger partial charge in [-0.25, -0.2) is 4.98 Å². The van der Waals surface area contributed by atoms with Gasteiger partial charge in [0.15, 0.2) is 0 Å². The molecule has 106 valence electrons. The average Bonchev–Trinajstić information content (AvgIpc) is 2.36. The first-order valence-electron chi connectivity index (χ1n) is 7.48. The van der Waals surface area contributed by atoms with Crippen LogP contribution in [0.2, 0.25) is 0 Å². The Morgan fingerprint density at radius 3 is 2.63 bits per heavy atom. The Morgan fingerprint density at radius 1 is 1.26 bits per heavy atom. The summed E-state index contributed by atoms with van der Waals surface area (Å²) < 4.78 is 5.88. The van der Waals surface area contributed by atoms with E-state index >= 15 is 0 Å². The number of rotatable bonds is 7. The van der Waals surface area contributed by atoms with Crippen molar-refractivity contribution in [2.45, 2.75) is 52.9 Å². The highest BCUT2D eigenvalue weighted by atomic mass is 16.5. The molecule has 1 N–H and O–H groups in total. The van der Waals surface area contributed by atoms with Gasteiger partial charge in [-0.05, 0) is 26.2 Å². The summed E-state index contributed by atoms with van der Waals surface area (Å²) in [5.41, 5.74) is 1.02. The fourth-order valence-electron chi connectivity index (χ4n) is 2.28. The lowest BCUT2D eigenvalue weighted by Crippen LogP contribution is -2.15. The average molecular weight is 263 g/mol. The van der Waals surface area contributed by atoms with E-state index in [1.54, 1.807) is 0 Å². The van der Waals surface area contributed by atoms with Gasteiger partial charge < -0.3 is 10.1 Å². The normalized spacial score (nSPS) is 15.1. The standard InChI is InChI=1S/C15H25N3O/c1-4-13-17-14(16-5-2)11(3)15(18-13)19-10-9-12-7-6-8-12/h12H,4-10H2,1-3H3,(H,16,17,18). The predicted octanol–water partition coefficient (Wildman–Crippen LogP) is 3.35. The molecule has 1 heterocycles. The zero-order valence-electron chi connectivity index (χ0n) is 12.3. The van der Waals surface area contributed by atoms with Crippen LogP contribution in [0.15, 0.2) is 0 Å². The number of ether oxygens (including phenoxy) is 1. The van der Waals surface area contributed by atoms with Gasteiger partial charge >= 0.3 is 0 Å². The maximum Gasteiger partial charge on any atom is 0.221 e. The second-order valence-corrected chi connectivity index (χ2v) is 5.24. The molecular weight excluding hydrogens is 238 g/mol. The van der Waals surface area contributed by atoms with Gasteiger partial charge in [-0.3, -0.25) is 0 Å². The van der Waals surface area contributed by atoms with Gasteiger partial charge in [0.2, 0.25) is 5.88 Å². The Balaban J connectivity index is 2.01. The van der Waals surface area contributed by atoms with Gasteiger partial charge in [0.05, 0.1) is 12.2 Å². The first kappa shape index (κ1) is 14.1. The number of aromatic nitrogens is 2. The summed E-state index contributed by atoms with van der Waals surface area (Å²) in [6, 6.07) is 0. The minimum Gasteiger partial charge on any atom is -0.477 e. The van der Waals surface area contributed by atoms with Crippen molar-refractivity contribution in [3.8, 4) is 5.88 Å². The maximum atomic E-state index is 5.88. The molecule has 4 nitrogen and oxygen atoms in total. The van der Waals surface area contributed by atoms with E-state index in [0.717, 1.165) is 55.0 Å². The van der Waals surface area contributed by atoms with Crippen molar-refractivity contribution in [2.75, 3.05) is 18.5 Å². The molecule has 0 spiro atoms. The molecular formula is C15H25N3O. The minimum absolute atomic E-state index is 0.752. The zero-order chi connectivity index (χ0) is 13.7. The van der Waals surface area contributed by atoms with Crippen molar-refractivity contribution in [2.24, 2.45) is 5.92 Å². The number of aryl methyl sites for hydroxylation is 1. The molecule has 0 aliphatic heterocycles. The van der Waals surface area contributed by atoms with Gasteiger partial charge in [0.1, 0.15) is 11.6 Å². The highest BCUT2D eigenvalue weighted by molar-refractivity contribution is 5.48. The third-order valence-corrected chi connectivity index (χ3v) is 3.80. The molecule has 0 saturated heterocycles. The number of anilines is 1. The highest BCUT2D eigenvalue weighted by Gasteiger charge is 2.18. The van der Waals surface area contributed by atoms with Crippen LogP contribution in [0.4, 0.5) is 5.82 Å². The molecule has 1 fully saturated rings. The van der Waals surface area contributed by atoms with Crippen LogP contribution >= 0.6 is 0 Å². The Labute approximate surface area is 116 Å². The fraction of sp³-hybridized carbons (Fsp3) is 0.733. The molecule has 0 atom stereocenters. The second kappa shape index (κ2) is 6.73. The first-order valence-corrected chi connectivity index (χ1v) is 7.48. The topological polar surface area (TPSA) is 47.0 Å². The number of nitrogens with zero attached hydrogens (tertiary/aromatic N) is 2. The Morgan fingerprint density at radius 2 is 2.05 bits per heavy atom. The van der Waals surface area contributed by atoms with Gasteiger partial charge in [-0.1, -0.05) is 26.2 Å². The molecule has 0 radical (unpaired) electrons. The molecule has 4 heteroatoms. The number of nitrogens with one attached hydrogen (secondary N) is 1. The summed E-state index contributed by atoms with van der Waals surface area (Å²) in [6.45, 7) is 7.80. The van der Waals surface area contributed by atoms with E-state index in [1.807, 2.05) is 6.92 Å². The molecule has 1 aromatic heterocycles. The Kier molecular flexibility index (Phi) is 5.00. The van der Waals surface area contributed by atoms with Gasteiger partial charge in [-0.2, -0.15) is 4.98 Å². The van der Waals surface area contributed by atoms with Crippen LogP contribution < -0.4 is 10.1 Å². The molecule has 0 unspecified atom stereocenters. The monoisotopic (exact) mass is 263 g/mol. The third-order valence-electron chi connectivity index (χ3n) is 3.80. The first-order chi connectivity index (χ1) is 9.24. The molecule has 0 aromatic carbocycles.